The molecule has 1 heterocycles. The van der Waals surface area contributed by atoms with Crippen LogP contribution in [0.4, 0.5) is 0 Å². The second-order valence-electron chi connectivity index (χ2n) is 22.8. The number of amides is 1. The molecule has 0 saturated carbocycles. The number of rotatable bonds is 56. The number of allylic oxidation sites excluding steroid dienone is 13. The van der Waals surface area contributed by atoms with E-state index in [0.717, 1.165) is 103 Å². The standard InChI is InChI=1S/C70H123NO10/c1-4-7-10-13-16-19-22-24-26-28-30-32-34-36-38-40-43-46-49-52-55-58-65(75)81-68-67(77)66(76)64(59-72)80-70(68)79-60-61(62(73)56-53-50-47-44-41-21-18-15-12-9-6-3)71-69(78)63(74)57-54-51-48-45-42-39-37-35-33-31-29-27-25-23-20-17-14-11-8-5-2/h8,11,17,20,24-27,31,33,37,39,53,56,61-64,66-68,70,72-74,76-77H,4-7,9-10,12-16,18-19,21-23,28-30,32,34-36,38,40-52,54-55,57-60H2,1-3H3,(H,71,78)/b11-8-,20-17-,26-24+,27-25-,33-31-,39-37-,56-53+. The van der Waals surface area contributed by atoms with Crippen LogP contribution in [0.25, 0.3) is 0 Å². The minimum Gasteiger partial charge on any atom is -0.454 e. The molecule has 0 spiro atoms. The Kier molecular flexibility index (Phi) is 53.6. The van der Waals surface area contributed by atoms with Crippen LogP contribution in [0.2, 0.25) is 0 Å². The molecule has 0 aliphatic carbocycles. The van der Waals surface area contributed by atoms with E-state index in [-0.39, 0.29) is 19.4 Å². The third-order valence-corrected chi connectivity index (χ3v) is 15.3. The lowest BCUT2D eigenvalue weighted by Crippen LogP contribution is -2.61. The number of aliphatic hydroxyl groups is 5. The average Bonchev–Trinajstić information content (AvgIpc) is 3.51. The minimum atomic E-state index is -1.62. The zero-order valence-electron chi connectivity index (χ0n) is 51.9. The van der Waals surface area contributed by atoms with Gasteiger partial charge in [0.2, 0.25) is 5.91 Å². The summed E-state index contributed by atoms with van der Waals surface area (Å²) in [6, 6.07) is -1.04. The Morgan fingerprint density at radius 2 is 0.889 bits per heavy atom. The van der Waals surface area contributed by atoms with Crippen molar-refractivity contribution < 1.29 is 49.3 Å². The number of ether oxygens (including phenoxy) is 3. The molecule has 1 saturated heterocycles. The van der Waals surface area contributed by atoms with E-state index >= 15 is 0 Å². The van der Waals surface area contributed by atoms with Gasteiger partial charge in [-0.2, -0.15) is 0 Å². The predicted octanol–water partition coefficient (Wildman–Crippen LogP) is 16.5. The van der Waals surface area contributed by atoms with Crippen LogP contribution in [-0.4, -0.2) is 99.6 Å². The first-order valence-electron chi connectivity index (χ1n) is 33.4. The summed E-state index contributed by atoms with van der Waals surface area (Å²) in [5, 5.41) is 57.1. The first-order chi connectivity index (χ1) is 39.7. The molecule has 81 heavy (non-hydrogen) atoms. The predicted molar refractivity (Wildman–Crippen MR) is 338 cm³/mol. The van der Waals surface area contributed by atoms with Crippen molar-refractivity contribution in [2.45, 2.75) is 333 Å². The number of nitrogens with one attached hydrogen (secondary N) is 1. The lowest BCUT2D eigenvalue weighted by Gasteiger charge is -2.41. The number of carbonyl (C=O) groups is 2. The Labute approximate surface area is 495 Å². The van der Waals surface area contributed by atoms with Gasteiger partial charge in [0.25, 0.3) is 0 Å². The summed E-state index contributed by atoms with van der Waals surface area (Å²) in [5.41, 5.74) is 0. The normalized spacial score (nSPS) is 19.2. The van der Waals surface area contributed by atoms with E-state index in [1.807, 2.05) is 6.08 Å². The van der Waals surface area contributed by atoms with E-state index in [1.54, 1.807) is 6.08 Å². The lowest BCUT2D eigenvalue weighted by molar-refractivity contribution is -0.305. The second-order valence-corrected chi connectivity index (χ2v) is 22.8. The largest absolute Gasteiger partial charge is 0.454 e. The van der Waals surface area contributed by atoms with Gasteiger partial charge in [0.15, 0.2) is 12.4 Å². The maximum Gasteiger partial charge on any atom is 0.306 e. The van der Waals surface area contributed by atoms with Crippen LogP contribution in [0.15, 0.2) is 85.1 Å². The van der Waals surface area contributed by atoms with E-state index in [0.29, 0.717) is 12.8 Å². The molecule has 6 N–H and O–H groups in total. The highest BCUT2D eigenvalue weighted by molar-refractivity contribution is 5.80. The second kappa shape index (κ2) is 57.3. The smallest absolute Gasteiger partial charge is 0.306 e. The van der Waals surface area contributed by atoms with Crippen molar-refractivity contribution in [1.29, 1.82) is 0 Å². The Morgan fingerprint density at radius 3 is 1.35 bits per heavy atom. The van der Waals surface area contributed by atoms with Gasteiger partial charge in [-0.25, -0.2) is 0 Å². The average molecular weight is 1140 g/mol. The summed E-state index contributed by atoms with van der Waals surface area (Å²) in [7, 11) is 0. The molecular formula is C70H123NO10. The summed E-state index contributed by atoms with van der Waals surface area (Å²) in [5.74, 6) is -1.21. The van der Waals surface area contributed by atoms with Gasteiger partial charge in [0.05, 0.1) is 25.4 Å². The zero-order valence-corrected chi connectivity index (χ0v) is 51.9. The Bertz CT molecular complexity index is 1640. The van der Waals surface area contributed by atoms with Gasteiger partial charge < -0.3 is 45.1 Å². The number of hydrogen-bond donors (Lipinski definition) is 6. The Balaban J connectivity index is 2.63. The van der Waals surface area contributed by atoms with Crippen LogP contribution in [0.1, 0.15) is 284 Å². The van der Waals surface area contributed by atoms with Crippen LogP contribution in [0.5, 0.6) is 0 Å². The van der Waals surface area contributed by atoms with Gasteiger partial charge in [-0.1, -0.05) is 266 Å². The van der Waals surface area contributed by atoms with Crippen LogP contribution in [0, 0.1) is 0 Å². The Hall–Kier alpha value is -3.16. The molecule has 8 atom stereocenters. The highest BCUT2D eigenvalue weighted by Crippen LogP contribution is 2.26. The first-order valence-corrected chi connectivity index (χ1v) is 33.4. The molecule has 0 aromatic carbocycles. The van der Waals surface area contributed by atoms with Crippen molar-refractivity contribution in [2.75, 3.05) is 13.2 Å². The summed E-state index contributed by atoms with van der Waals surface area (Å²) in [4.78, 5) is 26.6. The van der Waals surface area contributed by atoms with Crippen LogP contribution in [-0.2, 0) is 23.8 Å². The molecule has 0 aromatic heterocycles. The summed E-state index contributed by atoms with van der Waals surface area (Å²) < 4.78 is 17.6. The number of unbranched alkanes of at least 4 members (excludes halogenated alkanes) is 30. The molecule has 1 amide bonds. The monoisotopic (exact) mass is 1140 g/mol. The van der Waals surface area contributed by atoms with Gasteiger partial charge in [-0.05, 0) is 96.3 Å². The zero-order chi connectivity index (χ0) is 58.9. The van der Waals surface area contributed by atoms with Gasteiger partial charge in [-0.15, -0.1) is 0 Å². The third kappa shape index (κ3) is 45.0. The maximum absolute atomic E-state index is 13.4. The fourth-order valence-corrected chi connectivity index (χ4v) is 10.0. The molecule has 8 unspecified atom stereocenters. The molecule has 0 aromatic rings. The molecule has 0 bridgehead atoms. The third-order valence-electron chi connectivity index (χ3n) is 15.3. The molecule has 1 aliphatic heterocycles. The van der Waals surface area contributed by atoms with Gasteiger partial charge >= 0.3 is 5.97 Å². The van der Waals surface area contributed by atoms with Crippen LogP contribution >= 0.6 is 0 Å². The summed E-state index contributed by atoms with van der Waals surface area (Å²) in [6.45, 7) is 5.67. The topological polar surface area (TPSA) is 175 Å². The van der Waals surface area contributed by atoms with Gasteiger partial charge in [0.1, 0.15) is 24.4 Å². The number of hydrogen-bond acceptors (Lipinski definition) is 10. The van der Waals surface area contributed by atoms with Crippen molar-refractivity contribution in [2.24, 2.45) is 0 Å². The fourth-order valence-electron chi connectivity index (χ4n) is 10.0. The molecule has 1 rings (SSSR count). The molecule has 1 fully saturated rings. The van der Waals surface area contributed by atoms with Gasteiger partial charge in [0, 0.05) is 6.42 Å². The molecule has 1 aliphatic rings. The lowest BCUT2D eigenvalue weighted by atomic mass is 9.99. The number of carbonyl (C=O) groups excluding carboxylic acids is 2. The van der Waals surface area contributed by atoms with Crippen molar-refractivity contribution in [1.82, 2.24) is 5.32 Å². The van der Waals surface area contributed by atoms with Crippen LogP contribution < -0.4 is 5.32 Å². The maximum atomic E-state index is 13.4. The minimum absolute atomic E-state index is 0.118. The number of esters is 1. The molecule has 0 radical (unpaired) electrons. The van der Waals surface area contributed by atoms with Gasteiger partial charge in [-0.3, -0.25) is 9.59 Å². The quantitative estimate of drug-likeness (QED) is 0.0195. The first kappa shape index (κ1) is 75.9. The van der Waals surface area contributed by atoms with Crippen molar-refractivity contribution >= 4 is 11.9 Å². The van der Waals surface area contributed by atoms with E-state index in [2.05, 4.69) is 99.0 Å². The Morgan fingerprint density at radius 1 is 0.494 bits per heavy atom. The fraction of sp³-hybridized carbons (Fsp3) is 0.771. The van der Waals surface area contributed by atoms with Crippen molar-refractivity contribution in [3.8, 4) is 0 Å². The van der Waals surface area contributed by atoms with Crippen molar-refractivity contribution in [3.63, 3.8) is 0 Å². The van der Waals surface area contributed by atoms with E-state index in [9.17, 15) is 35.1 Å². The molecule has 11 heteroatoms. The SMILES string of the molecule is CC/C=C\C/C=C\C/C=C\C/C=C\C/C=C\CCCCCCC(O)C(=O)NC(COC1OC(CO)C(O)C(O)C1OC(=O)CCCCCCCCCCCCC/C=C/CCCCCCCC)C(O)/C=C/CCCCCCCCCCC. The molecule has 468 valence electrons. The number of aliphatic hydroxyl groups excluding tert-OH is 5. The molecular weight excluding hydrogens is 1010 g/mol. The van der Waals surface area contributed by atoms with Crippen molar-refractivity contribution in [3.05, 3.63) is 85.1 Å². The molecule has 11 nitrogen and oxygen atoms in total. The summed E-state index contributed by atoms with van der Waals surface area (Å²) >= 11 is 0. The van der Waals surface area contributed by atoms with E-state index < -0.39 is 67.4 Å². The van der Waals surface area contributed by atoms with Crippen LogP contribution in [0.3, 0.4) is 0 Å². The highest BCUT2D eigenvalue weighted by atomic mass is 16.7. The van der Waals surface area contributed by atoms with E-state index in [1.165, 1.54) is 135 Å². The summed E-state index contributed by atoms with van der Waals surface area (Å²) in [6.07, 6.45) is 64.8. The highest BCUT2D eigenvalue weighted by Gasteiger charge is 2.47. The van der Waals surface area contributed by atoms with E-state index in [4.69, 9.17) is 14.2 Å².